The van der Waals surface area contributed by atoms with E-state index >= 15 is 0 Å². The number of nitrogens with zero attached hydrogens (tertiary/aromatic N) is 14. The second-order valence-electron chi connectivity index (χ2n) is 39.5. The molecule has 18 rings (SSSR count). The molecule has 4 aromatic heterocycles. The van der Waals surface area contributed by atoms with Gasteiger partial charge < -0.3 is 70.7 Å². The maximum Gasteiger partial charge on any atom is 0.417 e. The molecule has 32 nitrogen and oxygen atoms in total. The zero-order valence-corrected chi connectivity index (χ0v) is 88.6. The van der Waals surface area contributed by atoms with Gasteiger partial charge in [0.2, 0.25) is 35.6 Å². The maximum atomic E-state index is 14.0. The fraction of sp³-hybridized carbons (Fsp3) is 0.396. The van der Waals surface area contributed by atoms with Gasteiger partial charge >= 0.3 is 6.18 Å². The standard InChI is InChI=1S/C30H32N6O3S.C30H35N5O3S.C29H32N4O4S.C22H24F3N3O4S/c1-18(2)26(36-15-22-7-5-6-8-24(22)29(36)38)30(39)35-16-23(37)13-25(35)28(34-31-4)32-14-20-9-11-21(12-10-20)27-19(3)33-17-40-27;1-18(2)26(35-15-22-7-5-6-8-24(22)29(35)37)30(38)34-16-23(36)13-25(34)28(31-4)32-14-20-9-11-21(12-10-20)27-19(3)33-17-39-27;1-17(2)25(33-14-21-6-4-5-7-23(21)28(33)36)29(37)32-15-22(34)12-24(32)27(35)30-13-19-8-10-20(11-9-19)26-18(3)31-16-38-26;1-12-19(33-11-26-12)15-6-3-14(4-7-15)5-8-18(31)17-9-16(30)10-28(17)21(32)20(22(23,24)25)27-13(2)29/h5-12,17-18,23,25-26,37H,13-16H2,1-3H3,(H,32,34);5-12,17-18,23,25-26,36H,13-16H2,1-4H3,(H,31,32);4-11,16-17,22,24-25,34H,12-15H2,1-3H3,(H,30,35);3-4,6-7,11,16-17,20,30H,5,8-10H2,1-2H3,(H,27,29)/t2*23-,25+,26+;22-,24+,25+;16-,17+,20?/m1111/s1. The van der Waals surface area contributed by atoms with Crippen molar-refractivity contribution in [3.05, 3.63) is 282 Å². The number of Topliss-reactive ketones (excluding diaryl/α,β-unsaturated/α-hetero) is 1. The lowest BCUT2D eigenvalue weighted by atomic mass is 10.00. The molecule has 0 aliphatic carbocycles. The Labute approximate surface area is 884 Å². The van der Waals surface area contributed by atoms with Crippen molar-refractivity contribution in [1.29, 1.82) is 0 Å². The summed E-state index contributed by atoms with van der Waals surface area (Å²) in [5, 5.41) is 49.5. The van der Waals surface area contributed by atoms with Gasteiger partial charge in [0.25, 0.3) is 23.6 Å². The molecule has 0 radical (unpaired) electrons. The number of aliphatic hydroxyl groups excluding tert-OH is 4. The average Bonchev–Trinajstić information content (AvgIpc) is 1.63. The number of thiazole rings is 4. The number of hydrogen-bond donors (Lipinski definition) is 8. The summed E-state index contributed by atoms with van der Waals surface area (Å²) in [6, 6.07) is 46.4. The van der Waals surface area contributed by atoms with Crippen molar-refractivity contribution in [2.75, 3.05) is 33.2 Å². The summed E-state index contributed by atoms with van der Waals surface area (Å²) >= 11 is 6.34. The van der Waals surface area contributed by atoms with Crippen LogP contribution in [-0.2, 0) is 79.3 Å². The van der Waals surface area contributed by atoms with E-state index in [1.165, 1.54) is 21.1 Å². The van der Waals surface area contributed by atoms with Crippen molar-refractivity contribution < 1.29 is 81.5 Å². The number of amidine groups is 2. The van der Waals surface area contributed by atoms with Gasteiger partial charge in [0.1, 0.15) is 30.0 Å². The molecule has 0 saturated carbocycles. The van der Waals surface area contributed by atoms with Crippen molar-refractivity contribution in [3.63, 3.8) is 0 Å². The number of carbonyl (C=O) groups is 10. The Bertz CT molecular complexity index is 6840. The number of nitrogens with one attached hydrogen (secondary N) is 4. The largest absolute Gasteiger partial charge is 0.417 e. The van der Waals surface area contributed by atoms with Crippen LogP contribution >= 0.6 is 45.3 Å². The lowest BCUT2D eigenvalue weighted by Crippen LogP contribution is -2.57. The number of halogens is 3. The van der Waals surface area contributed by atoms with Crippen LogP contribution in [0.25, 0.3) is 46.7 Å². The van der Waals surface area contributed by atoms with Gasteiger partial charge in [-0.3, -0.25) is 57.9 Å². The molecule has 12 atom stereocenters. The van der Waals surface area contributed by atoms with Gasteiger partial charge in [-0.1, -0.05) is 199 Å². The van der Waals surface area contributed by atoms with Gasteiger partial charge in [-0.25, -0.2) is 19.9 Å². The molecule has 0 spiro atoms. The number of alkyl halides is 3. The van der Waals surface area contributed by atoms with Crippen LogP contribution in [0.1, 0.15) is 173 Å². The van der Waals surface area contributed by atoms with E-state index in [1.807, 2.05) is 219 Å². The Morgan fingerprint density at radius 3 is 1.09 bits per heavy atom. The van der Waals surface area contributed by atoms with Crippen molar-refractivity contribution in [2.45, 2.75) is 233 Å². The number of ketones is 1. The Morgan fingerprint density at radius 2 is 0.760 bits per heavy atom. The normalized spacial score (nSPS) is 19.7. The van der Waals surface area contributed by atoms with Crippen LogP contribution in [0.15, 0.2) is 202 Å². The lowest BCUT2D eigenvalue weighted by molar-refractivity contribution is -0.179. The summed E-state index contributed by atoms with van der Waals surface area (Å²) in [4.78, 5) is 176. The topological polar surface area (TPSA) is 403 Å². The molecule has 786 valence electrons. The molecule has 4 fully saturated rings. The Balaban J connectivity index is 0.000000150. The molecular weight excluding hydrogens is 1990 g/mol. The van der Waals surface area contributed by atoms with Crippen LogP contribution in [0, 0.1) is 52.0 Å². The fourth-order valence-electron chi connectivity index (χ4n) is 20.5. The maximum absolute atomic E-state index is 14.0. The fourth-order valence-corrected chi connectivity index (χ4v) is 23.7. The van der Waals surface area contributed by atoms with Crippen molar-refractivity contribution >= 4 is 116 Å². The highest BCUT2D eigenvalue weighted by Crippen LogP contribution is 2.39. The first-order chi connectivity index (χ1) is 71.8. The first-order valence-corrected chi connectivity index (χ1v) is 53.4. The van der Waals surface area contributed by atoms with E-state index in [0.29, 0.717) is 80.5 Å². The second kappa shape index (κ2) is 48.8. The van der Waals surface area contributed by atoms with Crippen LogP contribution in [0.5, 0.6) is 0 Å². The molecule has 7 aromatic carbocycles. The predicted octanol–water partition coefficient (Wildman–Crippen LogP) is 14.0. The predicted molar refractivity (Wildman–Crippen MR) is 568 cm³/mol. The van der Waals surface area contributed by atoms with Crippen LogP contribution in [-0.4, -0.2) is 257 Å². The van der Waals surface area contributed by atoms with E-state index in [9.17, 15) is 81.5 Å². The van der Waals surface area contributed by atoms with Gasteiger partial charge in [0.05, 0.1) is 113 Å². The number of carbonyl (C=O) groups excluding carboxylic acids is 10. The molecule has 0 bridgehead atoms. The quantitative estimate of drug-likeness (QED) is 0.00977. The minimum atomic E-state index is -5.03. The minimum absolute atomic E-state index is 0.00306. The van der Waals surface area contributed by atoms with Crippen molar-refractivity contribution in [3.8, 4) is 41.8 Å². The van der Waals surface area contributed by atoms with E-state index in [-0.39, 0.29) is 104 Å². The third-order valence-corrected chi connectivity index (χ3v) is 31.9. The number of rotatable bonds is 28. The van der Waals surface area contributed by atoms with Crippen LogP contribution in [0.4, 0.5) is 13.2 Å². The third-order valence-electron chi connectivity index (χ3n) is 28.0. The highest BCUT2D eigenvalue weighted by Gasteiger charge is 2.53. The molecule has 11 aromatic rings. The summed E-state index contributed by atoms with van der Waals surface area (Å²) in [7, 11) is 1.70. The SMILES string of the molecule is CC(=O)NC(C(=O)N1C[C@H](O)C[C@H]1C(=O)CCc1ccc(-c2scnc2C)cc1)C(F)(F)F.CN=C(NCc1ccc(-c2scnc2C)cc1)[C@@H]1C[C@@H](O)CN1C(=O)[C@H](C(C)C)N1Cc2ccccc2C1=O.Cc1ncsc1-c1ccc(CNC(=O)[C@@H]2C[C@@H](O)CN2C(=O)[C@H](C(C)C)N2Cc3ccccc3C2=O)cc1.[C-]#[N+]NC(=NCc1ccc(-c2scnc2C)cc1)[C@@H]1C[C@@H](O)CN1C(=O)[C@H](C(C)C)N1Cc2ccccc2C1=O. The zero-order chi connectivity index (χ0) is 107. The number of aliphatic imine (C=N–C) groups is 2. The lowest BCUT2D eigenvalue weighted by Gasteiger charge is -2.35. The zero-order valence-electron chi connectivity index (χ0n) is 85.3. The van der Waals surface area contributed by atoms with Crippen LogP contribution in [0.3, 0.4) is 0 Å². The van der Waals surface area contributed by atoms with Crippen molar-refractivity contribution in [2.24, 2.45) is 27.7 Å². The van der Waals surface area contributed by atoms with Gasteiger partial charge in [-0.15, -0.1) is 45.3 Å². The average molecular weight is 2120 g/mol. The second-order valence-corrected chi connectivity index (χ2v) is 42.9. The number of hydrogen-bond acceptors (Lipinski definition) is 24. The van der Waals surface area contributed by atoms with Gasteiger partial charge in [0.15, 0.2) is 11.6 Å². The van der Waals surface area contributed by atoms with E-state index in [2.05, 4.69) is 75.2 Å². The Hall–Kier alpha value is -14.0. The molecule has 7 aliphatic heterocycles. The number of aliphatic hydroxyl groups is 4. The summed E-state index contributed by atoms with van der Waals surface area (Å²) < 4.78 is 40.0. The van der Waals surface area contributed by atoms with E-state index < -0.39 is 103 Å². The Kier molecular flexibility index (Phi) is 35.8. The number of likely N-dealkylation sites (tertiary alicyclic amines) is 4. The van der Waals surface area contributed by atoms with E-state index in [4.69, 9.17) is 6.57 Å². The first kappa shape index (κ1) is 110. The summed E-state index contributed by atoms with van der Waals surface area (Å²) in [5.74, 6) is -3.80. The Morgan fingerprint density at radius 1 is 0.440 bits per heavy atom. The van der Waals surface area contributed by atoms with Crippen LogP contribution < -0.4 is 21.4 Å². The van der Waals surface area contributed by atoms with E-state index in [1.54, 1.807) is 88.5 Å². The molecule has 39 heteroatoms. The molecule has 150 heavy (non-hydrogen) atoms. The monoisotopic (exact) mass is 2120 g/mol. The number of benzene rings is 7. The number of aromatic nitrogens is 4. The number of aryl methyl sites for hydroxylation is 5. The van der Waals surface area contributed by atoms with Gasteiger partial charge in [-0.05, 0) is 131 Å². The van der Waals surface area contributed by atoms with Gasteiger partial charge in [0, 0.05) is 122 Å². The van der Waals surface area contributed by atoms with Gasteiger partial charge in [-0.2, -0.15) is 24.7 Å². The smallest absolute Gasteiger partial charge is 0.391 e. The molecule has 4 saturated heterocycles. The molecular formula is C111H123F3N18O14S4. The first-order valence-electron chi connectivity index (χ1n) is 49.9. The number of fused-ring (bicyclic) bond motifs is 3. The highest BCUT2D eigenvalue weighted by atomic mass is 32.1. The van der Waals surface area contributed by atoms with E-state index in [0.717, 1.165) is 110 Å². The minimum Gasteiger partial charge on any atom is -0.391 e. The molecule has 11 heterocycles. The van der Waals surface area contributed by atoms with Crippen molar-refractivity contribution in [1.82, 2.24) is 75.6 Å². The summed E-state index contributed by atoms with van der Waals surface area (Å²) in [6.07, 6.45) is -7.33. The third kappa shape index (κ3) is 25.3. The molecule has 1 unspecified atom stereocenters. The summed E-state index contributed by atoms with van der Waals surface area (Å²) in [6.45, 7) is 30.0. The number of β-amino-alcohol motifs (C(OH)–C–C–N with tert-alkyl or cyclic N) is 4. The van der Waals surface area contributed by atoms with Crippen LogP contribution in [0.2, 0.25) is 0 Å². The summed E-state index contributed by atoms with van der Waals surface area (Å²) in [5.41, 5.74) is 26.6. The molecule has 8 N–H and O–H groups in total. The molecule has 7 aliphatic rings. The number of amides is 9. The highest BCUT2D eigenvalue weighted by molar-refractivity contribution is 7.14. The molecule has 9 amide bonds.